The van der Waals surface area contributed by atoms with Gasteiger partial charge in [-0.25, -0.2) is 0 Å². The van der Waals surface area contributed by atoms with Crippen LogP contribution in [0, 0.1) is 0 Å². The number of unbranched alkanes of at least 4 members (excludes halogenated alkanes) is 14. The molecule has 0 aliphatic rings. The van der Waals surface area contributed by atoms with E-state index in [2.05, 4.69) is 13.8 Å². The minimum absolute atomic E-state index is 0. The van der Waals surface area contributed by atoms with Crippen LogP contribution in [0.2, 0.25) is 0 Å². The van der Waals surface area contributed by atoms with Crippen molar-refractivity contribution in [2.24, 2.45) is 0 Å². The van der Waals surface area contributed by atoms with E-state index < -0.39 is 7.82 Å². The molecule has 0 atom stereocenters. The maximum Gasteiger partial charge on any atom is 1.00 e. The van der Waals surface area contributed by atoms with Crippen LogP contribution in [-0.4, -0.2) is 13.2 Å². The number of rotatable bonds is 18. The summed E-state index contributed by atoms with van der Waals surface area (Å²) >= 11 is 0. The molecule has 0 aromatic rings. The van der Waals surface area contributed by atoms with Crippen LogP contribution in [0.1, 0.15) is 117 Å². The van der Waals surface area contributed by atoms with Crippen LogP contribution in [0.5, 0.6) is 0 Å². The summed E-state index contributed by atoms with van der Waals surface area (Å²) in [4.78, 5) is 25.6. The Balaban J connectivity index is -0.000000213. The van der Waals surface area contributed by atoms with Gasteiger partial charge in [0, 0.05) is 13.2 Å². The second kappa shape index (κ2) is 35.7. The first-order valence-corrected chi connectivity index (χ1v) is 12.2. The van der Waals surface area contributed by atoms with Gasteiger partial charge in [0.05, 0.1) is 0 Å². The van der Waals surface area contributed by atoms with E-state index in [-0.39, 0.29) is 88.7 Å². The van der Waals surface area contributed by atoms with Crippen molar-refractivity contribution in [3.05, 3.63) is 0 Å². The van der Waals surface area contributed by atoms with Crippen LogP contribution >= 0.6 is 7.82 Å². The van der Waals surface area contributed by atoms with Crippen LogP contribution in [0.4, 0.5) is 0 Å². The van der Waals surface area contributed by atoms with Gasteiger partial charge in [-0.3, -0.25) is 0 Å². The van der Waals surface area contributed by atoms with E-state index in [1.165, 1.54) is 103 Å². The van der Waals surface area contributed by atoms with Crippen molar-refractivity contribution in [1.82, 2.24) is 0 Å². The van der Waals surface area contributed by atoms with Crippen molar-refractivity contribution in [1.29, 1.82) is 0 Å². The van der Waals surface area contributed by atoms with E-state index in [1.807, 2.05) is 0 Å². The normalized spacial score (nSPS) is 10.1. The van der Waals surface area contributed by atoms with Gasteiger partial charge in [-0.1, -0.05) is 104 Å². The van der Waals surface area contributed by atoms with Gasteiger partial charge in [0.1, 0.15) is 0 Å². The molecular weight excluding hydrogens is 420 g/mol. The summed E-state index contributed by atoms with van der Waals surface area (Å²) in [5, 5.41) is 0. The molecule has 9 heteroatoms. The molecule has 0 radical (unpaired) electrons. The van der Waals surface area contributed by atoms with Gasteiger partial charge in [-0.15, -0.1) is 0 Å². The third-order valence-electron chi connectivity index (χ3n) is 4.28. The molecule has 0 amide bonds. The second-order valence-electron chi connectivity index (χ2n) is 7.01. The minimum atomic E-state index is -5.39. The van der Waals surface area contributed by atoms with Crippen LogP contribution in [0.3, 0.4) is 0 Å². The molecular formula is C20H42Na3O5P. The average molecular weight is 462 g/mol. The monoisotopic (exact) mass is 462 g/mol. The van der Waals surface area contributed by atoms with E-state index in [4.69, 9.17) is 24.0 Å². The van der Waals surface area contributed by atoms with Gasteiger partial charge in [-0.2, -0.15) is 7.82 Å². The molecule has 0 unspecified atom stereocenters. The minimum Gasteiger partial charge on any atom is -0.822 e. The van der Waals surface area contributed by atoms with E-state index in [1.54, 1.807) is 0 Å². The Labute approximate surface area is 247 Å². The molecule has 29 heavy (non-hydrogen) atoms. The standard InChI is InChI=1S/C20H42O.3Na.H3O4P/c1-3-5-7-9-11-13-15-17-19-21-20-18-16-14-12-10-8-6-4-2;;;;1-5(2,3)4/h3-20H2,1-2H3;;;;(H3,1,2,3,4)/q;3*+1;/p-3. The van der Waals surface area contributed by atoms with Crippen molar-refractivity contribution in [2.75, 3.05) is 13.2 Å². The van der Waals surface area contributed by atoms with Gasteiger partial charge in [-0.05, 0) is 12.8 Å². The van der Waals surface area contributed by atoms with Gasteiger partial charge in [0.15, 0.2) is 0 Å². The van der Waals surface area contributed by atoms with Gasteiger partial charge in [0.2, 0.25) is 0 Å². The van der Waals surface area contributed by atoms with Gasteiger partial charge in [0.25, 0.3) is 0 Å². The predicted molar refractivity (Wildman–Crippen MR) is 104 cm³/mol. The second-order valence-corrected chi connectivity index (χ2v) is 7.90. The van der Waals surface area contributed by atoms with Gasteiger partial charge >= 0.3 is 88.7 Å². The first-order valence-electron chi connectivity index (χ1n) is 10.7. The molecule has 0 aliphatic heterocycles. The van der Waals surface area contributed by atoms with Crippen LogP contribution in [0.25, 0.3) is 0 Å². The fourth-order valence-electron chi connectivity index (χ4n) is 2.78. The zero-order valence-electron chi connectivity index (χ0n) is 20.2. The molecule has 0 aliphatic carbocycles. The Morgan fingerprint density at radius 3 is 0.966 bits per heavy atom. The topological polar surface area (TPSA) is 95.5 Å². The third kappa shape index (κ3) is 59.1. The molecule has 5 nitrogen and oxygen atoms in total. The molecule has 0 rings (SSSR count). The van der Waals surface area contributed by atoms with E-state index in [9.17, 15) is 0 Å². The summed E-state index contributed by atoms with van der Waals surface area (Å²) in [6.07, 6.45) is 22.2. The molecule has 0 spiro atoms. The maximum atomic E-state index is 8.55. The van der Waals surface area contributed by atoms with E-state index >= 15 is 0 Å². The molecule has 0 heterocycles. The Kier molecular flexibility index (Phi) is 51.9. The summed E-state index contributed by atoms with van der Waals surface area (Å²) in [7, 11) is -5.39. The number of hydrogen-bond donors (Lipinski definition) is 0. The van der Waals surface area contributed by atoms with Gasteiger partial charge < -0.3 is 24.0 Å². The maximum absolute atomic E-state index is 8.55. The first kappa shape index (κ1) is 42.2. The van der Waals surface area contributed by atoms with Crippen LogP contribution in [-0.2, 0) is 9.30 Å². The molecule has 0 bridgehead atoms. The molecule has 0 fully saturated rings. The number of hydrogen-bond acceptors (Lipinski definition) is 5. The van der Waals surface area contributed by atoms with Crippen LogP contribution < -0.4 is 103 Å². The molecule has 0 N–H and O–H groups in total. The van der Waals surface area contributed by atoms with Crippen molar-refractivity contribution in [3.63, 3.8) is 0 Å². The number of ether oxygens (including phenoxy) is 1. The summed E-state index contributed by atoms with van der Waals surface area (Å²) in [5.74, 6) is 0. The average Bonchev–Trinajstić information content (AvgIpc) is 2.56. The van der Waals surface area contributed by atoms with Crippen molar-refractivity contribution >= 4 is 7.82 Å². The smallest absolute Gasteiger partial charge is 0.822 e. The predicted octanol–water partition coefficient (Wildman–Crippen LogP) is -4.53. The van der Waals surface area contributed by atoms with Crippen molar-refractivity contribution < 1.29 is 113 Å². The molecule has 0 saturated carbocycles. The molecule has 0 aromatic carbocycles. The molecule has 160 valence electrons. The van der Waals surface area contributed by atoms with E-state index in [0.29, 0.717) is 0 Å². The first-order chi connectivity index (χ1) is 12.4. The Hall–Kier alpha value is 3.07. The molecule has 0 aromatic heterocycles. The summed E-state index contributed by atoms with van der Waals surface area (Å²) in [6, 6.07) is 0. The zero-order chi connectivity index (χ0) is 19.9. The van der Waals surface area contributed by atoms with Crippen LogP contribution in [0.15, 0.2) is 0 Å². The SMILES string of the molecule is CCCCCCCCCCOCCCCCCCCCC.O=P([O-])([O-])[O-].[Na+].[Na+].[Na+]. The van der Waals surface area contributed by atoms with Crippen molar-refractivity contribution in [3.8, 4) is 0 Å². The quantitative estimate of drug-likeness (QED) is 0.116. The third-order valence-corrected chi connectivity index (χ3v) is 4.28. The summed E-state index contributed by atoms with van der Waals surface area (Å²) in [6.45, 7) is 6.55. The Morgan fingerprint density at radius 2 is 0.724 bits per heavy atom. The van der Waals surface area contributed by atoms with E-state index in [0.717, 1.165) is 13.2 Å². The summed E-state index contributed by atoms with van der Waals surface area (Å²) in [5.41, 5.74) is 0. The Morgan fingerprint density at radius 1 is 0.517 bits per heavy atom. The summed E-state index contributed by atoms with van der Waals surface area (Å²) < 4.78 is 14.3. The largest absolute Gasteiger partial charge is 1.00 e. The fourth-order valence-corrected chi connectivity index (χ4v) is 2.78. The fraction of sp³-hybridized carbons (Fsp3) is 1.00. The zero-order valence-corrected chi connectivity index (χ0v) is 27.1. The molecule has 0 saturated heterocycles. The van der Waals surface area contributed by atoms with Crippen molar-refractivity contribution in [2.45, 2.75) is 117 Å². The number of phosphoric acid groups is 1. The Bertz CT molecular complexity index is 282.